The van der Waals surface area contributed by atoms with Crippen LogP contribution in [-0.4, -0.2) is 26.2 Å². The Morgan fingerprint density at radius 3 is 0.895 bits per heavy atom. The van der Waals surface area contributed by atoms with Gasteiger partial charge in [-0.1, -0.05) is 0 Å². The van der Waals surface area contributed by atoms with E-state index in [4.69, 9.17) is 45.9 Å². The van der Waals surface area contributed by atoms with Crippen LogP contribution >= 0.6 is 0 Å². The number of nitrogen functional groups attached to an aromatic ring is 4. The molecule has 1 aromatic carbocycles. The average molecular weight is 270 g/mol. The van der Waals surface area contributed by atoms with E-state index in [2.05, 4.69) is 0 Å². The van der Waals surface area contributed by atoms with E-state index >= 15 is 0 Å². The fraction of sp³-hybridized carbons (Fsp3) is 0.455. The molecule has 0 atom stereocenters. The molecule has 0 saturated heterocycles. The second kappa shape index (κ2) is 7.64. The first-order chi connectivity index (χ1) is 8.85. The van der Waals surface area contributed by atoms with E-state index in [1.165, 1.54) is 0 Å². The van der Waals surface area contributed by atoms with Gasteiger partial charge in [-0.2, -0.15) is 0 Å². The molecular weight excluding hydrogens is 244 g/mol. The molecule has 0 amide bonds. The monoisotopic (exact) mass is 270 g/mol. The van der Waals surface area contributed by atoms with Crippen LogP contribution in [0.25, 0.3) is 0 Å². The SMILES string of the molecule is NCC(CN)(CN)CN.Nc1cc(N)c(N)cc1N. The van der Waals surface area contributed by atoms with Crippen LogP contribution in [0, 0.1) is 5.41 Å². The summed E-state index contributed by atoms with van der Waals surface area (Å²) >= 11 is 0. The van der Waals surface area contributed by atoms with Crippen LogP contribution in [0.2, 0.25) is 0 Å². The van der Waals surface area contributed by atoms with Gasteiger partial charge in [0, 0.05) is 31.6 Å². The summed E-state index contributed by atoms with van der Waals surface area (Å²) in [6, 6.07) is 3.09. The zero-order chi connectivity index (χ0) is 15.1. The molecular formula is C11H26N8. The highest BCUT2D eigenvalue weighted by atomic mass is 14.8. The van der Waals surface area contributed by atoms with Gasteiger partial charge in [0.05, 0.1) is 22.7 Å². The van der Waals surface area contributed by atoms with Gasteiger partial charge in [0.15, 0.2) is 0 Å². The average Bonchev–Trinajstić information content (AvgIpc) is 2.41. The summed E-state index contributed by atoms with van der Waals surface area (Å²) in [5.74, 6) is 0. The lowest BCUT2D eigenvalue weighted by Gasteiger charge is -2.26. The maximum absolute atomic E-state index is 5.43. The van der Waals surface area contributed by atoms with Crippen LogP contribution in [0.1, 0.15) is 0 Å². The Morgan fingerprint density at radius 1 is 0.579 bits per heavy atom. The van der Waals surface area contributed by atoms with Crippen LogP contribution in [0.15, 0.2) is 12.1 Å². The maximum atomic E-state index is 5.43. The molecule has 0 aliphatic heterocycles. The fourth-order valence-corrected chi connectivity index (χ4v) is 1.17. The molecule has 1 rings (SSSR count). The van der Waals surface area contributed by atoms with Gasteiger partial charge in [-0.15, -0.1) is 0 Å². The fourth-order valence-electron chi connectivity index (χ4n) is 1.17. The van der Waals surface area contributed by atoms with Gasteiger partial charge in [0.2, 0.25) is 0 Å². The van der Waals surface area contributed by atoms with E-state index in [0.29, 0.717) is 48.9 Å². The second-order valence-electron chi connectivity index (χ2n) is 4.43. The van der Waals surface area contributed by atoms with Gasteiger partial charge in [-0.25, -0.2) is 0 Å². The van der Waals surface area contributed by atoms with Crippen molar-refractivity contribution in [2.75, 3.05) is 49.1 Å². The molecule has 0 unspecified atom stereocenters. The van der Waals surface area contributed by atoms with E-state index in [0.717, 1.165) is 0 Å². The van der Waals surface area contributed by atoms with Crippen molar-refractivity contribution in [3.63, 3.8) is 0 Å². The Bertz CT molecular complexity index is 321. The first-order valence-corrected chi connectivity index (χ1v) is 5.86. The van der Waals surface area contributed by atoms with Crippen molar-refractivity contribution in [2.45, 2.75) is 0 Å². The third-order valence-electron chi connectivity index (χ3n) is 3.02. The summed E-state index contributed by atoms with van der Waals surface area (Å²) < 4.78 is 0. The van der Waals surface area contributed by atoms with Gasteiger partial charge >= 0.3 is 0 Å². The lowest BCUT2D eigenvalue weighted by Crippen LogP contribution is -2.49. The third kappa shape index (κ3) is 4.79. The summed E-state index contributed by atoms with van der Waals surface area (Å²) in [6.07, 6.45) is 0. The molecule has 1 aromatic rings. The lowest BCUT2D eigenvalue weighted by atomic mass is 9.89. The van der Waals surface area contributed by atoms with Crippen molar-refractivity contribution in [2.24, 2.45) is 28.3 Å². The Labute approximate surface area is 113 Å². The van der Waals surface area contributed by atoms with Crippen LogP contribution in [-0.2, 0) is 0 Å². The maximum Gasteiger partial charge on any atom is 0.0570 e. The number of hydrogen-bond acceptors (Lipinski definition) is 8. The smallest absolute Gasteiger partial charge is 0.0570 e. The number of anilines is 4. The molecule has 0 aromatic heterocycles. The largest absolute Gasteiger partial charge is 0.397 e. The predicted molar refractivity (Wildman–Crippen MR) is 82.7 cm³/mol. The van der Waals surface area contributed by atoms with Crippen molar-refractivity contribution < 1.29 is 0 Å². The molecule has 0 fully saturated rings. The highest BCUT2D eigenvalue weighted by Gasteiger charge is 2.22. The molecule has 8 nitrogen and oxygen atoms in total. The zero-order valence-electron chi connectivity index (χ0n) is 11.1. The number of hydrogen-bond donors (Lipinski definition) is 8. The summed E-state index contributed by atoms with van der Waals surface area (Å²) in [5, 5.41) is 0. The highest BCUT2D eigenvalue weighted by molar-refractivity contribution is 5.78. The van der Waals surface area contributed by atoms with E-state index in [-0.39, 0.29) is 5.41 Å². The van der Waals surface area contributed by atoms with Crippen LogP contribution in [0.5, 0.6) is 0 Å². The van der Waals surface area contributed by atoms with E-state index in [9.17, 15) is 0 Å². The Morgan fingerprint density at radius 2 is 0.789 bits per heavy atom. The quantitative estimate of drug-likeness (QED) is 0.281. The van der Waals surface area contributed by atoms with Crippen LogP contribution in [0.4, 0.5) is 22.7 Å². The molecule has 110 valence electrons. The van der Waals surface area contributed by atoms with Crippen molar-refractivity contribution in [1.29, 1.82) is 0 Å². The predicted octanol–water partition coefficient (Wildman–Crippen LogP) is -2.18. The molecule has 16 N–H and O–H groups in total. The second-order valence-corrected chi connectivity index (χ2v) is 4.43. The van der Waals surface area contributed by atoms with E-state index < -0.39 is 0 Å². The Hall–Kier alpha value is -1.74. The lowest BCUT2D eigenvalue weighted by molar-refractivity contribution is 0.333. The first kappa shape index (κ1) is 17.3. The van der Waals surface area contributed by atoms with E-state index in [1.54, 1.807) is 12.1 Å². The van der Waals surface area contributed by atoms with Gasteiger partial charge in [-0.3, -0.25) is 0 Å². The number of nitrogens with two attached hydrogens (primary N) is 8. The first-order valence-electron chi connectivity index (χ1n) is 5.86. The molecule has 0 saturated carbocycles. The molecule has 0 heterocycles. The third-order valence-corrected chi connectivity index (χ3v) is 3.02. The molecule has 0 bridgehead atoms. The molecule has 0 aliphatic carbocycles. The minimum Gasteiger partial charge on any atom is -0.397 e. The van der Waals surface area contributed by atoms with Gasteiger partial charge in [0.1, 0.15) is 0 Å². The Kier molecular flexibility index (Phi) is 6.94. The topological polar surface area (TPSA) is 208 Å². The van der Waals surface area contributed by atoms with E-state index in [1.807, 2.05) is 0 Å². The van der Waals surface area contributed by atoms with Crippen molar-refractivity contribution >= 4 is 22.7 Å². The normalized spacial score (nSPS) is 10.7. The minimum absolute atomic E-state index is 0.222. The Balaban J connectivity index is 0.000000344. The van der Waals surface area contributed by atoms with Gasteiger partial charge in [-0.05, 0) is 12.1 Å². The molecule has 0 radical (unpaired) electrons. The van der Waals surface area contributed by atoms with Crippen LogP contribution < -0.4 is 45.9 Å². The van der Waals surface area contributed by atoms with Gasteiger partial charge in [0.25, 0.3) is 0 Å². The van der Waals surface area contributed by atoms with Crippen molar-refractivity contribution in [3.8, 4) is 0 Å². The zero-order valence-corrected chi connectivity index (χ0v) is 11.1. The summed E-state index contributed by atoms with van der Waals surface area (Å²) in [4.78, 5) is 0. The number of benzene rings is 1. The van der Waals surface area contributed by atoms with Gasteiger partial charge < -0.3 is 45.9 Å². The summed E-state index contributed by atoms with van der Waals surface area (Å²) in [5.41, 5.74) is 44.9. The molecule has 19 heavy (non-hydrogen) atoms. The standard InChI is InChI=1S/C6H10N4.C5H16N4/c7-3-1-4(8)6(10)2-5(3)9;6-1-5(2-7,3-8)4-9/h1-2H,7-10H2;1-4,6-9H2. The van der Waals surface area contributed by atoms with Crippen molar-refractivity contribution in [3.05, 3.63) is 12.1 Å². The number of rotatable bonds is 4. The molecule has 0 aliphatic rings. The summed E-state index contributed by atoms with van der Waals surface area (Å²) in [7, 11) is 0. The molecule has 8 heteroatoms. The minimum atomic E-state index is -0.222. The van der Waals surface area contributed by atoms with Crippen molar-refractivity contribution in [1.82, 2.24) is 0 Å². The summed E-state index contributed by atoms with van der Waals surface area (Å²) in [6.45, 7) is 1.88. The van der Waals surface area contributed by atoms with Crippen LogP contribution in [0.3, 0.4) is 0 Å². The molecule has 0 spiro atoms. The highest BCUT2D eigenvalue weighted by Crippen LogP contribution is 2.23.